The Kier molecular flexibility index (Phi) is 2.83. The Bertz CT molecular complexity index is 381. The predicted molar refractivity (Wildman–Crippen MR) is 62.9 cm³/mol. The van der Waals surface area contributed by atoms with Gasteiger partial charge in [-0.1, -0.05) is 36.5 Å². The summed E-state index contributed by atoms with van der Waals surface area (Å²) in [5, 5.41) is 40.9. The molecular formula is C13H16O4. The van der Waals surface area contributed by atoms with E-state index in [-0.39, 0.29) is 12.8 Å². The molecule has 0 saturated heterocycles. The van der Waals surface area contributed by atoms with E-state index in [1.807, 2.05) is 0 Å². The van der Waals surface area contributed by atoms with E-state index < -0.39 is 17.0 Å². The smallest absolute Gasteiger partial charge is 0.230 e. The lowest BCUT2D eigenvalue weighted by molar-refractivity contribution is -0.324. The quantitative estimate of drug-likeness (QED) is 0.515. The summed E-state index contributed by atoms with van der Waals surface area (Å²) in [6, 6.07) is 0. The van der Waals surface area contributed by atoms with Crippen LogP contribution in [-0.4, -0.2) is 37.4 Å². The van der Waals surface area contributed by atoms with Gasteiger partial charge < -0.3 is 20.4 Å². The molecule has 4 N–H and O–H groups in total. The zero-order valence-electron chi connectivity index (χ0n) is 9.32. The first-order valence-electron chi connectivity index (χ1n) is 5.50. The highest BCUT2D eigenvalue weighted by atomic mass is 16.6. The fourth-order valence-electron chi connectivity index (χ4n) is 2.11. The predicted octanol–water partition coefficient (Wildman–Crippen LogP) is 0.162. The maximum atomic E-state index is 10.3. The molecule has 0 bridgehead atoms. The molecule has 4 nitrogen and oxygen atoms in total. The van der Waals surface area contributed by atoms with E-state index in [0.29, 0.717) is 0 Å². The van der Waals surface area contributed by atoms with E-state index >= 15 is 0 Å². The van der Waals surface area contributed by atoms with Crippen LogP contribution in [0, 0.1) is 0 Å². The highest BCUT2D eigenvalue weighted by Gasteiger charge is 2.58. The van der Waals surface area contributed by atoms with E-state index in [1.165, 1.54) is 24.3 Å². The van der Waals surface area contributed by atoms with Crippen molar-refractivity contribution < 1.29 is 20.4 Å². The molecule has 0 aromatic rings. The van der Waals surface area contributed by atoms with E-state index in [0.717, 1.165) is 0 Å². The van der Waals surface area contributed by atoms with Gasteiger partial charge in [0.15, 0.2) is 0 Å². The highest BCUT2D eigenvalue weighted by molar-refractivity contribution is 5.30. The van der Waals surface area contributed by atoms with Crippen LogP contribution in [0.2, 0.25) is 0 Å². The first-order chi connectivity index (χ1) is 7.91. The molecular weight excluding hydrogens is 220 g/mol. The van der Waals surface area contributed by atoms with Crippen LogP contribution in [0.3, 0.4) is 0 Å². The standard InChI is InChI=1S/C13H16O4/c14-11(7-3-1-4-8-11)13(16,17)12(15)9-5-2-6-10-12/h1-7,9,14-17H,8,10H2/t11-,12-/m0/s1. The summed E-state index contributed by atoms with van der Waals surface area (Å²) >= 11 is 0. The first kappa shape index (κ1) is 12.3. The van der Waals surface area contributed by atoms with Crippen LogP contribution < -0.4 is 0 Å². The van der Waals surface area contributed by atoms with Crippen molar-refractivity contribution in [2.75, 3.05) is 0 Å². The maximum Gasteiger partial charge on any atom is 0.230 e. The van der Waals surface area contributed by atoms with Crippen molar-refractivity contribution in [2.45, 2.75) is 29.8 Å². The molecule has 0 fully saturated rings. The molecule has 0 spiro atoms. The highest BCUT2D eigenvalue weighted by Crippen LogP contribution is 2.40. The minimum Gasteiger partial charge on any atom is -0.380 e. The van der Waals surface area contributed by atoms with Crippen molar-refractivity contribution in [1.29, 1.82) is 0 Å². The second-order valence-electron chi connectivity index (χ2n) is 4.50. The van der Waals surface area contributed by atoms with Crippen molar-refractivity contribution in [1.82, 2.24) is 0 Å². The van der Waals surface area contributed by atoms with Crippen molar-refractivity contribution in [3.05, 3.63) is 48.6 Å². The molecule has 17 heavy (non-hydrogen) atoms. The third-order valence-electron chi connectivity index (χ3n) is 3.30. The average Bonchev–Trinajstić information content (AvgIpc) is 2.30. The van der Waals surface area contributed by atoms with Crippen LogP contribution in [0.15, 0.2) is 48.6 Å². The number of allylic oxidation sites excluding steroid dienone is 4. The molecule has 0 unspecified atom stereocenters. The SMILES string of the molecule is OC(O)([C@]1(O)C=CC=CC1)[C@]1(O)C=CC=CC1. The lowest BCUT2D eigenvalue weighted by Gasteiger charge is -2.46. The second kappa shape index (κ2) is 3.92. The summed E-state index contributed by atoms with van der Waals surface area (Å²) in [5.74, 6) is -2.65. The van der Waals surface area contributed by atoms with Gasteiger partial charge >= 0.3 is 0 Å². The van der Waals surface area contributed by atoms with Crippen molar-refractivity contribution in [3.8, 4) is 0 Å². The Morgan fingerprint density at radius 2 is 1.18 bits per heavy atom. The number of hydrogen-bond donors (Lipinski definition) is 4. The fourth-order valence-corrected chi connectivity index (χ4v) is 2.11. The Labute approximate surface area is 99.5 Å². The third-order valence-corrected chi connectivity index (χ3v) is 3.30. The molecule has 0 aromatic carbocycles. The molecule has 2 aliphatic carbocycles. The summed E-state index contributed by atoms with van der Waals surface area (Å²) < 4.78 is 0. The van der Waals surface area contributed by atoms with Gasteiger partial charge in [0, 0.05) is 12.8 Å². The molecule has 0 aliphatic heterocycles. The van der Waals surface area contributed by atoms with Gasteiger partial charge in [0.1, 0.15) is 11.2 Å². The third kappa shape index (κ3) is 1.79. The first-order valence-corrected chi connectivity index (χ1v) is 5.50. The molecule has 0 amide bonds. The molecule has 0 saturated carbocycles. The normalized spacial score (nSPS) is 36.5. The van der Waals surface area contributed by atoms with Crippen LogP contribution in [-0.2, 0) is 0 Å². The van der Waals surface area contributed by atoms with Gasteiger partial charge in [-0.15, -0.1) is 0 Å². The van der Waals surface area contributed by atoms with Gasteiger partial charge in [-0.05, 0) is 12.2 Å². The zero-order chi connectivity index (χ0) is 12.6. The molecule has 2 aliphatic rings. The molecule has 0 radical (unpaired) electrons. The van der Waals surface area contributed by atoms with Gasteiger partial charge in [-0.2, -0.15) is 0 Å². The van der Waals surface area contributed by atoms with Crippen LogP contribution in [0.1, 0.15) is 12.8 Å². The maximum absolute atomic E-state index is 10.3. The van der Waals surface area contributed by atoms with Crippen LogP contribution in [0.4, 0.5) is 0 Å². The Morgan fingerprint density at radius 1 is 0.765 bits per heavy atom. The van der Waals surface area contributed by atoms with Crippen LogP contribution in [0.25, 0.3) is 0 Å². The minimum absolute atomic E-state index is 0.0381. The van der Waals surface area contributed by atoms with Crippen molar-refractivity contribution >= 4 is 0 Å². The topological polar surface area (TPSA) is 80.9 Å². The molecule has 2 rings (SSSR count). The molecule has 0 aromatic heterocycles. The fraction of sp³-hybridized carbons (Fsp3) is 0.385. The van der Waals surface area contributed by atoms with E-state index in [9.17, 15) is 20.4 Å². The van der Waals surface area contributed by atoms with Gasteiger partial charge in [0.2, 0.25) is 5.79 Å². The monoisotopic (exact) mass is 236 g/mol. The van der Waals surface area contributed by atoms with E-state index in [4.69, 9.17) is 0 Å². The van der Waals surface area contributed by atoms with E-state index in [1.54, 1.807) is 24.3 Å². The molecule has 0 heterocycles. The number of rotatable bonds is 2. The van der Waals surface area contributed by atoms with Crippen molar-refractivity contribution in [3.63, 3.8) is 0 Å². The average molecular weight is 236 g/mol. The largest absolute Gasteiger partial charge is 0.380 e. The summed E-state index contributed by atoms with van der Waals surface area (Å²) in [7, 11) is 0. The van der Waals surface area contributed by atoms with E-state index in [2.05, 4.69) is 0 Å². The number of aliphatic hydroxyl groups is 4. The Hall–Kier alpha value is -1.20. The molecule has 2 atom stereocenters. The van der Waals surface area contributed by atoms with Gasteiger partial charge in [0.25, 0.3) is 0 Å². The van der Waals surface area contributed by atoms with Crippen LogP contribution >= 0.6 is 0 Å². The molecule has 92 valence electrons. The minimum atomic E-state index is -2.65. The second-order valence-corrected chi connectivity index (χ2v) is 4.50. The lowest BCUT2D eigenvalue weighted by atomic mass is 9.73. The summed E-state index contributed by atoms with van der Waals surface area (Å²) in [6.45, 7) is 0. The Morgan fingerprint density at radius 3 is 1.47 bits per heavy atom. The zero-order valence-corrected chi connectivity index (χ0v) is 9.32. The van der Waals surface area contributed by atoms with Crippen molar-refractivity contribution in [2.24, 2.45) is 0 Å². The Balaban J connectivity index is 2.35. The number of hydrogen-bond acceptors (Lipinski definition) is 4. The van der Waals surface area contributed by atoms with Gasteiger partial charge in [-0.25, -0.2) is 0 Å². The summed E-state index contributed by atoms with van der Waals surface area (Å²) in [4.78, 5) is 0. The molecule has 4 heteroatoms. The summed E-state index contributed by atoms with van der Waals surface area (Å²) in [5.41, 5.74) is -3.79. The van der Waals surface area contributed by atoms with Gasteiger partial charge in [0.05, 0.1) is 0 Å². The summed E-state index contributed by atoms with van der Waals surface area (Å²) in [6.07, 6.45) is 12.3. The van der Waals surface area contributed by atoms with Gasteiger partial charge in [-0.3, -0.25) is 0 Å². The lowest BCUT2D eigenvalue weighted by Crippen LogP contribution is -2.66. The van der Waals surface area contributed by atoms with Crippen LogP contribution in [0.5, 0.6) is 0 Å².